The Morgan fingerprint density at radius 1 is 1.14 bits per heavy atom. The average Bonchev–Trinajstić information content (AvgIpc) is 3.15. The van der Waals surface area contributed by atoms with E-state index in [1.54, 1.807) is 0 Å². The molecule has 110 valence electrons. The molecule has 0 amide bonds. The van der Waals surface area contributed by atoms with Gasteiger partial charge >= 0.3 is 5.97 Å². The van der Waals surface area contributed by atoms with Crippen LogP contribution in [0.1, 0.15) is 26.3 Å². The lowest BCUT2D eigenvalue weighted by Crippen LogP contribution is -2.37. The molecule has 0 radical (unpaired) electrons. The maximum absolute atomic E-state index is 12.3. The fraction of sp³-hybridized carbons (Fsp3) is 0.389. The lowest BCUT2D eigenvalue weighted by atomic mass is 9.79. The summed E-state index contributed by atoms with van der Waals surface area (Å²) >= 11 is 0. The second-order valence-electron chi connectivity index (χ2n) is 6.04. The summed E-state index contributed by atoms with van der Waals surface area (Å²) in [6, 6.07) is 14.3. The first-order valence-electron chi connectivity index (χ1n) is 7.24. The van der Waals surface area contributed by atoms with E-state index in [1.165, 1.54) is 7.11 Å². The number of methoxy groups -OCH3 is 1. The fourth-order valence-electron chi connectivity index (χ4n) is 3.49. The van der Waals surface area contributed by atoms with Gasteiger partial charge in [-0.05, 0) is 29.2 Å². The Morgan fingerprint density at radius 2 is 1.81 bits per heavy atom. The predicted molar refractivity (Wildman–Crippen MR) is 82.0 cm³/mol. The molecule has 1 aliphatic heterocycles. The van der Waals surface area contributed by atoms with Gasteiger partial charge in [-0.1, -0.05) is 56.3 Å². The number of carbonyl (C=O) groups is 1. The highest BCUT2D eigenvalue weighted by atomic mass is 16.7. The van der Waals surface area contributed by atoms with Crippen molar-refractivity contribution in [1.29, 1.82) is 0 Å². The monoisotopic (exact) mass is 284 g/mol. The van der Waals surface area contributed by atoms with E-state index in [-0.39, 0.29) is 11.9 Å². The van der Waals surface area contributed by atoms with Crippen molar-refractivity contribution >= 4 is 16.7 Å². The van der Waals surface area contributed by atoms with Crippen LogP contribution in [0.2, 0.25) is 0 Å². The van der Waals surface area contributed by atoms with Gasteiger partial charge in [0, 0.05) is 0 Å². The first-order valence-corrected chi connectivity index (χ1v) is 7.24. The molecule has 3 heteroatoms. The third kappa shape index (κ3) is 1.74. The molecule has 3 nitrogen and oxygen atoms in total. The maximum Gasteiger partial charge on any atom is 0.341 e. The first kappa shape index (κ1) is 14.1. The minimum atomic E-state index is -0.897. The molecule has 0 spiro atoms. The first-order chi connectivity index (χ1) is 9.97. The average molecular weight is 284 g/mol. The molecule has 1 aliphatic rings. The zero-order valence-corrected chi connectivity index (χ0v) is 12.8. The molecule has 0 bridgehead atoms. The molecule has 1 fully saturated rings. The quantitative estimate of drug-likeness (QED) is 0.638. The molecule has 0 aliphatic carbocycles. The van der Waals surface area contributed by atoms with Crippen molar-refractivity contribution < 1.29 is 14.3 Å². The second-order valence-corrected chi connectivity index (χ2v) is 6.04. The number of fused-ring (bicyclic) bond motifs is 1. The lowest BCUT2D eigenvalue weighted by Gasteiger charge is -2.20. The number of hydrogen-bond acceptors (Lipinski definition) is 3. The summed E-state index contributed by atoms with van der Waals surface area (Å²) in [7, 11) is 1.41. The lowest BCUT2D eigenvalue weighted by molar-refractivity contribution is -0.148. The zero-order valence-electron chi connectivity index (χ0n) is 12.8. The van der Waals surface area contributed by atoms with E-state index < -0.39 is 11.2 Å². The van der Waals surface area contributed by atoms with Gasteiger partial charge in [0.1, 0.15) is 5.60 Å². The third-order valence-electron chi connectivity index (χ3n) is 4.64. The van der Waals surface area contributed by atoms with Crippen molar-refractivity contribution in [2.45, 2.75) is 32.0 Å². The standard InChI is InChI=1S/C18H20O3/c1-12(2)18(16(19)20-4)17(3,21-18)15-11-7-9-13-8-5-6-10-14(13)15/h5-12H,1-4H3. The molecule has 1 saturated heterocycles. The van der Waals surface area contributed by atoms with Gasteiger partial charge in [0.2, 0.25) is 5.60 Å². The van der Waals surface area contributed by atoms with Crippen molar-refractivity contribution in [3.63, 3.8) is 0 Å². The maximum atomic E-state index is 12.3. The minimum Gasteiger partial charge on any atom is -0.467 e. The van der Waals surface area contributed by atoms with Gasteiger partial charge in [0.05, 0.1) is 7.11 Å². The summed E-state index contributed by atoms with van der Waals surface area (Å²) in [5, 5.41) is 2.27. The van der Waals surface area contributed by atoms with Crippen LogP contribution in [0.3, 0.4) is 0 Å². The number of esters is 1. The second kappa shape index (κ2) is 4.57. The van der Waals surface area contributed by atoms with Crippen molar-refractivity contribution in [2.24, 2.45) is 5.92 Å². The van der Waals surface area contributed by atoms with E-state index in [1.807, 2.05) is 45.0 Å². The Hall–Kier alpha value is -1.87. The zero-order chi connectivity index (χ0) is 15.3. The van der Waals surface area contributed by atoms with Gasteiger partial charge in [-0.3, -0.25) is 0 Å². The molecule has 0 N–H and O–H groups in total. The Kier molecular flexibility index (Phi) is 3.06. The van der Waals surface area contributed by atoms with Crippen molar-refractivity contribution in [1.82, 2.24) is 0 Å². The van der Waals surface area contributed by atoms with Gasteiger partial charge < -0.3 is 9.47 Å². The Morgan fingerprint density at radius 3 is 2.48 bits per heavy atom. The summed E-state index contributed by atoms with van der Waals surface area (Å²) in [6.45, 7) is 5.96. The van der Waals surface area contributed by atoms with Gasteiger partial charge in [-0.25, -0.2) is 4.79 Å². The molecule has 2 atom stereocenters. The number of hydrogen-bond donors (Lipinski definition) is 0. The number of ether oxygens (including phenoxy) is 2. The topological polar surface area (TPSA) is 38.8 Å². The summed E-state index contributed by atoms with van der Waals surface area (Å²) in [5.41, 5.74) is -0.499. The Labute approximate surface area is 124 Å². The van der Waals surface area contributed by atoms with Crippen LogP contribution in [0.25, 0.3) is 10.8 Å². The summed E-state index contributed by atoms with van der Waals surface area (Å²) in [5.74, 6) is -0.262. The molecule has 3 rings (SSSR count). The van der Waals surface area contributed by atoms with E-state index in [4.69, 9.17) is 9.47 Å². The minimum absolute atomic E-state index is 0.0360. The fourth-order valence-corrected chi connectivity index (χ4v) is 3.49. The number of benzene rings is 2. The Bertz CT molecular complexity index is 701. The molecule has 2 unspecified atom stereocenters. The summed E-state index contributed by atoms with van der Waals surface area (Å²) < 4.78 is 11.0. The van der Waals surface area contributed by atoms with E-state index >= 15 is 0 Å². The molecule has 0 aromatic heterocycles. The van der Waals surface area contributed by atoms with Crippen LogP contribution in [-0.4, -0.2) is 18.7 Å². The van der Waals surface area contributed by atoms with Crippen LogP contribution in [0.4, 0.5) is 0 Å². The highest BCUT2D eigenvalue weighted by Gasteiger charge is 2.75. The van der Waals surface area contributed by atoms with E-state index in [0.717, 1.165) is 16.3 Å². The molecule has 2 aromatic rings. The third-order valence-corrected chi connectivity index (χ3v) is 4.64. The van der Waals surface area contributed by atoms with Crippen molar-refractivity contribution in [2.75, 3.05) is 7.11 Å². The summed E-state index contributed by atoms with van der Waals surface area (Å²) in [4.78, 5) is 12.3. The van der Waals surface area contributed by atoms with Crippen molar-refractivity contribution in [3.8, 4) is 0 Å². The highest BCUT2D eigenvalue weighted by molar-refractivity contribution is 5.91. The van der Waals surface area contributed by atoms with Gasteiger partial charge in [-0.15, -0.1) is 0 Å². The van der Waals surface area contributed by atoms with Crippen LogP contribution >= 0.6 is 0 Å². The molecule has 1 heterocycles. The number of rotatable bonds is 3. The largest absolute Gasteiger partial charge is 0.467 e. The van der Waals surface area contributed by atoms with Gasteiger partial charge in [-0.2, -0.15) is 0 Å². The molecular formula is C18H20O3. The molecule has 2 aromatic carbocycles. The van der Waals surface area contributed by atoms with Crippen LogP contribution in [0.5, 0.6) is 0 Å². The number of carbonyl (C=O) groups excluding carboxylic acids is 1. The normalized spacial score (nSPS) is 27.9. The van der Waals surface area contributed by atoms with Crippen LogP contribution in [0.15, 0.2) is 42.5 Å². The van der Waals surface area contributed by atoms with Crippen LogP contribution in [0, 0.1) is 5.92 Å². The van der Waals surface area contributed by atoms with Gasteiger partial charge in [0.15, 0.2) is 0 Å². The predicted octanol–water partition coefficient (Wildman–Crippen LogP) is 3.65. The smallest absolute Gasteiger partial charge is 0.341 e. The number of epoxide rings is 1. The van der Waals surface area contributed by atoms with E-state index in [9.17, 15) is 4.79 Å². The van der Waals surface area contributed by atoms with E-state index in [0.29, 0.717) is 0 Å². The highest BCUT2D eigenvalue weighted by Crippen LogP contribution is 2.61. The molecule has 21 heavy (non-hydrogen) atoms. The van der Waals surface area contributed by atoms with Crippen LogP contribution in [-0.2, 0) is 19.9 Å². The Balaban J connectivity index is 2.18. The molecule has 0 saturated carbocycles. The molecular weight excluding hydrogens is 264 g/mol. The summed E-state index contributed by atoms with van der Waals surface area (Å²) in [6.07, 6.45) is 0. The van der Waals surface area contributed by atoms with E-state index in [2.05, 4.69) is 18.2 Å². The SMILES string of the molecule is COC(=O)C1(C(C)C)OC1(C)c1cccc2ccccc12. The van der Waals surface area contributed by atoms with Gasteiger partial charge in [0.25, 0.3) is 0 Å². The van der Waals surface area contributed by atoms with Crippen LogP contribution < -0.4 is 0 Å². The van der Waals surface area contributed by atoms with Crippen molar-refractivity contribution in [3.05, 3.63) is 48.0 Å².